The fraction of sp³-hybridized carbons (Fsp3) is 0.417. The normalized spacial score (nSPS) is 16.2. The number of methoxy groups -OCH3 is 1. The van der Waals surface area contributed by atoms with E-state index in [4.69, 9.17) is 15.5 Å². The first-order valence-corrected chi connectivity index (χ1v) is 12.1. The minimum absolute atomic E-state index is 0.152. The first-order valence-electron chi connectivity index (χ1n) is 11.2. The number of carbonyl (C=O) groups is 2. The molecule has 1 fully saturated rings. The largest absolute Gasteiger partial charge is 0.384 e. The molecule has 1 atom stereocenters. The summed E-state index contributed by atoms with van der Waals surface area (Å²) in [6, 6.07) is 7.77. The van der Waals surface area contributed by atoms with E-state index >= 15 is 0 Å². The van der Waals surface area contributed by atoms with Gasteiger partial charge in [0.1, 0.15) is 5.82 Å². The van der Waals surface area contributed by atoms with Gasteiger partial charge in [0.15, 0.2) is 0 Å². The van der Waals surface area contributed by atoms with Crippen molar-refractivity contribution in [2.75, 3.05) is 31.3 Å². The van der Waals surface area contributed by atoms with Gasteiger partial charge in [0.05, 0.1) is 39.8 Å². The van der Waals surface area contributed by atoms with Crippen molar-refractivity contribution < 1.29 is 14.3 Å². The number of nitrogen functional groups attached to an aromatic ring is 1. The quantitative estimate of drug-likeness (QED) is 0.535. The molecule has 33 heavy (non-hydrogen) atoms. The zero-order valence-electron chi connectivity index (χ0n) is 19.0. The topological polar surface area (TPSA) is 110 Å². The highest BCUT2D eigenvalue weighted by molar-refractivity contribution is 7.18. The molecule has 9 heteroatoms. The van der Waals surface area contributed by atoms with Gasteiger partial charge in [-0.3, -0.25) is 9.59 Å². The van der Waals surface area contributed by atoms with Crippen LogP contribution in [0.1, 0.15) is 48.4 Å². The van der Waals surface area contributed by atoms with Crippen molar-refractivity contribution in [2.24, 2.45) is 0 Å². The number of anilines is 2. The van der Waals surface area contributed by atoms with Crippen LogP contribution in [0.15, 0.2) is 30.5 Å². The Balaban J connectivity index is 1.52. The number of thiazole rings is 1. The maximum absolute atomic E-state index is 13.1. The highest BCUT2D eigenvalue weighted by Gasteiger charge is 2.32. The van der Waals surface area contributed by atoms with E-state index < -0.39 is 11.8 Å². The average Bonchev–Trinajstić information content (AvgIpc) is 3.25. The fourth-order valence-electron chi connectivity index (χ4n) is 4.20. The molecule has 2 aromatic heterocycles. The van der Waals surface area contributed by atoms with Crippen LogP contribution in [0.3, 0.4) is 0 Å². The second-order valence-corrected chi connectivity index (χ2v) is 9.28. The van der Waals surface area contributed by atoms with Crippen molar-refractivity contribution in [1.29, 1.82) is 0 Å². The first kappa shape index (κ1) is 23.1. The van der Waals surface area contributed by atoms with Gasteiger partial charge in [-0.05, 0) is 55.0 Å². The highest BCUT2D eigenvalue weighted by atomic mass is 32.1. The number of amides is 2. The van der Waals surface area contributed by atoms with Crippen LogP contribution in [0.2, 0.25) is 0 Å². The predicted molar refractivity (Wildman–Crippen MR) is 130 cm³/mol. The van der Waals surface area contributed by atoms with Crippen LogP contribution in [-0.2, 0) is 27.2 Å². The van der Waals surface area contributed by atoms with Crippen LogP contribution < -0.4 is 11.1 Å². The van der Waals surface area contributed by atoms with Crippen molar-refractivity contribution in [3.05, 3.63) is 46.6 Å². The number of nitrogens with two attached hydrogens (primary N) is 1. The van der Waals surface area contributed by atoms with Crippen molar-refractivity contribution in [2.45, 2.75) is 45.1 Å². The van der Waals surface area contributed by atoms with Gasteiger partial charge in [0.25, 0.3) is 0 Å². The molecule has 0 unspecified atom stereocenters. The van der Waals surface area contributed by atoms with Gasteiger partial charge in [-0.2, -0.15) is 0 Å². The Kier molecular flexibility index (Phi) is 7.20. The highest BCUT2D eigenvalue weighted by Crippen LogP contribution is 2.34. The Morgan fingerprint density at radius 2 is 2.15 bits per heavy atom. The number of hydrogen-bond acceptors (Lipinski definition) is 7. The molecule has 1 aromatic carbocycles. The number of rotatable bonds is 6. The summed E-state index contributed by atoms with van der Waals surface area (Å²) in [6.45, 7) is 3.14. The summed E-state index contributed by atoms with van der Waals surface area (Å²) < 4.78 is 6.27. The summed E-state index contributed by atoms with van der Waals surface area (Å²) >= 11 is 1.66. The second kappa shape index (κ2) is 10.3. The molecule has 3 aromatic rings. The number of likely N-dealkylation sites (tertiary alicyclic amines) is 1. The molecule has 2 amide bonds. The third-order valence-electron chi connectivity index (χ3n) is 5.96. The van der Waals surface area contributed by atoms with Crippen LogP contribution in [0.5, 0.6) is 0 Å². The number of fused-ring (bicyclic) bond motifs is 1. The van der Waals surface area contributed by atoms with E-state index in [9.17, 15) is 9.59 Å². The van der Waals surface area contributed by atoms with E-state index in [1.54, 1.807) is 29.4 Å². The number of aromatic nitrogens is 2. The van der Waals surface area contributed by atoms with Crippen LogP contribution in [0.25, 0.3) is 10.2 Å². The molecule has 8 nitrogen and oxygen atoms in total. The molecular formula is C24H29N5O3S. The molecule has 4 rings (SSSR count). The van der Waals surface area contributed by atoms with Gasteiger partial charge in [0, 0.05) is 20.1 Å². The lowest BCUT2D eigenvalue weighted by molar-refractivity contribution is -0.145. The van der Waals surface area contributed by atoms with Gasteiger partial charge in [-0.25, -0.2) is 9.97 Å². The van der Waals surface area contributed by atoms with Crippen molar-refractivity contribution in [1.82, 2.24) is 14.9 Å². The van der Waals surface area contributed by atoms with Gasteiger partial charge >= 0.3 is 11.8 Å². The molecule has 0 bridgehead atoms. The Labute approximate surface area is 197 Å². The monoisotopic (exact) mass is 467 g/mol. The Morgan fingerprint density at radius 1 is 1.30 bits per heavy atom. The van der Waals surface area contributed by atoms with Gasteiger partial charge in [0.2, 0.25) is 0 Å². The lowest BCUT2D eigenvalue weighted by Gasteiger charge is -2.35. The number of nitrogens with zero attached hydrogens (tertiary/aromatic N) is 3. The van der Waals surface area contributed by atoms with Gasteiger partial charge in [-0.1, -0.05) is 13.0 Å². The summed E-state index contributed by atoms with van der Waals surface area (Å²) in [4.78, 5) is 36.5. The molecule has 1 saturated heterocycles. The molecule has 0 spiro atoms. The van der Waals surface area contributed by atoms with E-state index in [1.807, 2.05) is 19.1 Å². The SMILES string of the molecule is CCc1cc(NC(=O)C(=O)N2CCCC[C@H]2c2ccc3sc(CCOC)nc3c2)cnc1N. The molecule has 0 radical (unpaired) electrons. The lowest BCUT2D eigenvalue weighted by Crippen LogP contribution is -2.44. The number of ether oxygens (including phenoxy) is 1. The molecule has 1 aliphatic rings. The van der Waals surface area contributed by atoms with Crippen LogP contribution in [-0.4, -0.2) is 46.9 Å². The van der Waals surface area contributed by atoms with E-state index in [0.29, 0.717) is 31.1 Å². The second-order valence-electron chi connectivity index (χ2n) is 8.16. The van der Waals surface area contributed by atoms with Crippen LogP contribution in [0, 0.1) is 0 Å². The molecule has 3 N–H and O–H groups in total. The zero-order chi connectivity index (χ0) is 23.4. The van der Waals surface area contributed by atoms with Crippen LogP contribution >= 0.6 is 11.3 Å². The number of piperidine rings is 1. The number of nitrogens with one attached hydrogen (secondary N) is 1. The van der Waals surface area contributed by atoms with Gasteiger partial charge < -0.3 is 20.7 Å². The Hall–Kier alpha value is -3.04. The zero-order valence-corrected chi connectivity index (χ0v) is 19.8. The maximum atomic E-state index is 13.1. The smallest absolute Gasteiger partial charge is 0.313 e. The number of carbonyl (C=O) groups excluding carboxylic acids is 2. The van der Waals surface area contributed by atoms with E-state index in [0.717, 1.165) is 52.0 Å². The van der Waals surface area contributed by atoms with Gasteiger partial charge in [-0.15, -0.1) is 11.3 Å². The van der Waals surface area contributed by atoms with E-state index in [-0.39, 0.29) is 6.04 Å². The summed E-state index contributed by atoms with van der Waals surface area (Å²) in [5, 5.41) is 3.73. The fourth-order valence-corrected chi connectivity index (χ4v) is 5.13. The Bertz CT molecular complexity index is 1160. The number of aryl methyl sites for hydroxylation is 1. The average molecular weight is 468 g/mol. The first-order chi connectivity index (χ1) is 16.0. The minimum atomic E-state index is -0.660. The lowest BCUT2D eigenvalue weighted by atomic mass is 9.95. The van der Waals surface area contributed by atoms with Crippen molar-refractivity contribution >= 4 is 44.9 Å². The summed E-state index contributed by atoms with van der Waals surface area (Å²) in [5.74, 6) is -0.762. The van der Waals surface area contributed by atoms with Crippen molar-refractivity contribution in [3.8, 4) is 0 Å². The summed E-state index contributed by atoms with van der Waals surface area (Å²) in [5.41, 5.74) is 9.08. The molecule has 174 valence electrons. The summed E-state index contributed by atoms with van der Waals surface area (Å²) in [7, 11) is 1.68. The molecule has 3 heterocycles. The van der Waals surface area contributed by atoms with E-state index in [2.05, 4.69) is 16.4 Å². The third-order valence-corrected chi connectivity index (χ3v) is 7.06. The van der Waals surface area contributed by atoms with Crippen molar-refractivity contribution in [3.63, 3.8) is 0 Å². The van der Waals surface area contributed by atoms with E-state index in [1.165, 1.54) is 6.20 Å². The predicted octanol–water partition coefficient (Wildman–Crippen LogP) is 3.72. The minimum Gasteiger partial charge on any atom is -0.384 e. The maximum Gasteiger partial charge on any atom is 0.313 e. The molecule has 1 aliphatic heterocycles. The molecule has 0 aliphatic carbocycles. The third kappa shape index (κ3) is 5.15. The number of benzene rings is 1. The number of pyridine rings is 1. The number of hydrogen-bond donors (Lipinski definition) is 2. The molecular weight excluding hydrogens is 438 g/mol. The standard InChI is InChI=1S/C24H29N5O3S/c1-3-15-12-17(14-26-22(15)25)27-23(30)24(31)29-10-5-4-6-19(29)16-7-8-20-18(13-16)28-21(33-20)9-11-32-2/h7-8,12-14,19H,3-6,9-11H2,1-2H3,(H2,25,26)(H,27,30)/t19-/m0/s1. The summed E-state index contributed by atoms with van der Waals surface area (Å²) in [6.07, 6.45) is 5.64. The molecule has 0 saturated carbocycles. The van der Waals surface area contributed by atoms with Crippen LogP contribution in [0.4, 0.5) is 11.5 Å². The Morgan fingerprint density at radius 3 is 2.94 bits per heavy atom.